The van der Waals surface area contributed by atoms with Crippen LogP contribution in [-0.2, 0) is 6.54 Å². The summed E-state index contributed by atoms with van der Waals surface area (Å²) in [7, 11) is 2.21. The van der Waals surface area contributed by atoms with Crippen LogP contribution in [0, 0.1) is 6.92 Å². The summed E-state index contributed by atoms with van der Waals surface area (Å²) < 4.78 is 0. The largest absolute Gasteiger partial charge is 0.366 e. The zero-order valence-electron chi connectivity index (χ0n) is 13.4. The molecule has 20 heavy (non-hydrogen) atoms. The van der Waals surface area contributed by atoms with E-state index in [1.807, 2.05) is 0 Å². The van der Waals surface area contributed by atoms with Crippen LogP contribution in [0.2, 0.25) is 0 Å². The molecule has 1 unspecified atom stereocenters. The van der Waals surface area contributed by atoms with Gasteiger partial charge in [0.1, 0.15) is 0 Å². The van der Waals surface area contributed by atoms with Crippen LogP contribution in [0.4, 0.5) is 5.69 Å². The Bertz CT molecular complexity index is 430. The minimum Gasteiger partial charge on any atom is -0.366 e. The lowest BCUT2D eigenvalue weighted by Crippen LogP contribution is -2.50. The third-order valence-corrected chi connectivity index (χ3v) is 4.12. The lowest BCUT2D eigenvalue weighted by Gasteiger charge is -2.40. The maximum Gasteiger partial charge on any atom is 0.0415 e. The lowest BCUT2D eigenvalue weighted by molar-refractivity contribution is 0.275. The number of aryl methyl sites for hydroxylation is 1. The molecule has 0 bridgehead atoms. The first-order valence-electron chi connectivity index (χ1n) is 7.87. The van der Waals surface area contributed by atoms with Crippen LogP contribution in [-0.4, -0.2) is 44.2 Å². The second kappa shape index (κ2) is 7.09. The second-order valence-electron chi connectivity index (χ2n) is 6.11. The smallest absolute Gasteiger partial charge is 0.0415 e. The number of benzene rings is 1. The van der Waals surface area contributed by atoms with Crippen molar-refractivity contribution in [3.05, 3.63) is 29.3 Å². The van der Waals surface area contributed by atoms with Gasteiger partial charge in [0.2, 0.25) is 0 Å². The number of likely N-dealkylation sites (N-methyl/N-ethyl adjacent to an activating group) is 1. The van der Waals surface area contributed by atoms with Gasteiger partial charge in [0.05, 0.1) is 0 Å². The highest BCUT2D eigenvalue weighted by molar-refractivity contribution is 5.56. The monoisotopic (exact) mass is 275 g/mol. The fourth-order valence-corrected chi connectivity index (χ4v) is 3.03. The molecule has 1 aromatic rings. The molecular formula is C17H29N3. The van der Waals surface area contributed by atoms with E-state index in [-0.39, 0.29) is 0 Å². The van der Waals surface area contributed by atoms with E-state index in [0.717, 1.165) is 32.7 Å². The Morgan fingerprint density at radius 3 is 2.80 bits per heavy atom. The minimum absolute atomic E-state index is 0.585. The summed E-state index contributed by atoms with van der Waals surface area (Å²) in [5, 5.41) is 3.54. The SMILES string of the molecule is CCCNCc1cc(C)ccc1N1CCN(C)CC1C. The summed E-state index contributed by atoms with van der Waals surface area (Å²) in [4.78, 5) is 4.99. The van der Waals surface area contributed by atoms with Gasteiger partial charge >= 0.3 is 0 Å². The molecule has 1 N–H and O–H groups in total. The number of rotatable bonds is 5. The molecule has 1 aliphatic heterocycles. The highest BCUT2D eigenvalue weighted by Gasteiger charge is 2.23. The molecule has 0 aliphatic carbocycles. The van der Waals surface area contributed by atoms with Gasteiger partial charge in [-0.25, -0.2) is 0 Å². The van der Waals surface area contributed by atoms with E-state index >= 15 is 0 Å². The fourth-order valence-electron chi connectivity index (χ4n) is 3.03. The van der Waals surface area contributed by atoms with Gasteiger partial charge in [-0.2, -0.15) is 0 Å². The van der Waals surface area contributed by atoms with Gasteiger partial charge < -0.3 is 15.1 Å². The number of piperazine rings is 1. The molecule has 1 aliphatic rings. The first kappa shape index (κ1) is 15.3. The normalized spacial score (nSPS) is 20.4. The van der Waals surface area contributed by atoms with E-state index < -0.39 is 0 Å². The molecule has 1 heterocycles. The van der Waals surface area contributed by atoms with Gasteiger partial charge in [0, 0.05) is 37.9 Å². The average molecular weight is 275 g/mol. The zero-order valence-corrected chi connectivity index (χ0v) is 13.4. The highest BCUT2D eigenvalue weighted by Crippen LogP contribution is 2.25. The van der Waals surface area contributed by atoms with E-state index in [4.69, 9.17) is 0 Å². The first-order chi connectivity index (χ1) is 9.61. The van der Waals surface area contributed by atoms with Crippen LogP contribution >= 0.6 is 0 Å². The van der Waals surface area contributed by atoms with Crippen LogP contribution in [0.3, 0.4) is 0 Å². The third kappa shape index (κ3) is 3.74. The standard InChI is InChI=1S/C17H29N3/c1-5-8-18-12-16-11-14(2)6-7-17(16)20-10-9-19(4)13-15(20)3/h6-7,11,15,18H,5,8-10,12-13H2,1-4H3. The van der Waals surface area contributed by atoms with Gasteiger partial charge in [0.15, 0.2) is 0 Å². The van der Waals surface area contributed by atoms with E-state index in [1.165, 1.54) is 23.2 Å². The van der Waals surface area contributed by atoms with Crippen LogP contribution in [0.1, 0.15) is 31.4 Å². The number of nitrogens with one attached hydrogen (secondary N) is 1. The Kier molecular flexibility index (Phi) is 5.44. The van der Waals surface area contributed by atoms with E-state index in [1.54, 1.807) is 0 Å². The number of nitrogens with zero attached hydrogens (tertiary/aromatic N) is 2. The molecule has 1 fully saturated rings. The Balaban J connectivity index is 2.17. The maximum atomic E-state index is 3.54. The first-order valence-corrected chi connectivity index (χ1v) is 7.87. The van der Waals surface area contributed by atoms with Crippen molar-refractivity contribution in [2.24, 2.45) is 0 Å². The van der Waals surface area contributed by atoms with Crippen LogP contribution in [0.5, 0.6) is 0 Å². The van der Waals surface area contributed by atoms with Crippen molar-refractivity contribution in [3.8, 4) is 0 Å². The quantitative estimate of drug-likeness (QED) is 0.834. The molecule has 112 valence electrons. The van der Waals surface area contributed by atoms with E-state index in [0.29, 0.717) is 6.04 Å². The Morgan fingerprint density at radius 2 is 2.10 bits per heavy atom. The van der Waals surface area contributed by atoms with Crippen molar-refractivity contribution < 1.29 is 0 Å². The summed E-state index contributed by atoms with van der Waals surface area (Å²) in [6, 6.07) is 7.47. The van der Waals surface area contributed by atoms with Gasteiger partial charge in [-0.3, -0.25) is 0 Å². The average Bonchev–Trinajstić information content (AvgIpc) is 2.40. The predicted octanol–water partition coefficient (Wildman–Crippen LogP) is 2.63. The molecule has 0 spiro atoms. The van der Waals surface area contributed by atoms with Crippen molar-refractivity contribution in [3.63, 3.8) is 0 Å². The van der Waals surface area contributed by atoms with Crippen LogP contribution < -0.4 is 10.2 Å². The molecule has 1 aromatic carbocycles. The number of hydrogen-bond acceptors (Lipinski definition) is 3. The summed E-state index contributed by atoms with van der Waals surface area (Å²) in [6.07, 6.45) is 1.19. The van der Waals surface area contributed by atoms with Gasteiger partial charge in [-0.1, -0.05) is 24.6 Å². The minimum atomic E-state index is 0.585. The van der Waals surface area contributed by atoms with Crippen molar-refractivity contribution in [1.82, 2.24) is 10.2 Å². The molecule has 3 heteroatoms. The number of hydrogen-bond donors (Lipinski definition) is 1. The van der Waals surface area contributed by atoms with Crippen molar-refractivity contribution in [2.75, 3.05) is 38.1 Å². The van der Waals surface area contributed by atoms with E-state index in [9.17, 15) is 0 Å². The molecule has 0 aromatic heterocycles. The summed E-state index contributed by atoms with van der Waals surface area (Å²) in [5.74, 6) is 0. The molecule has 0 radical (unpaired) electrons. The summed E-state index contributed by atoms with van der Waals surface area (Å²) in [5.41, 5.74) is 4.21. The molecule has 0 saturated carbocycles. The van der Waals surface area contributed by atoms with Crippen molar-refractivity contribution >= 4 is 5.69 Å². The highest BCUT2D eigenvalue weighted by atomic mass is 15.3. The molecule has 2 rings (SSSR count). The lowest BCUT2D eigenvalue weighted by atomic mass is 10.1. The third-order valence-electron chi connectivity index (χ3n) is 4.12. The number of anilines is 1. The summed E-state index contributed by atoms with van der Waals surface area (Å²) >= 11 is 0. The molecular weight excluding hydrogens is 246 g/mol. The topological polar surface area (TPSA) is 18.5 Å². The second-order valence-corrected chi connectivity index (χ2v) is 6.11. The van der Waals surface area contributed by atoms with E-state index in [2.05, 4.69) is 61.1 Å². The zero-order chi connectivity index (χ0) is 14.5. The summed E-state index contributed by atoms with van der Waals surface area (Å²) in [6.45, 7) is 12.2. The maximum absolute atomic E-state index is 3.54. The molecule has 3 nitrogen and oxygen atoms in total. The van der Waals surface area contributed by atoms with Crippen molar-refractivity contribution in [2.45, 2.75) is 39.8 Å². The Morgan fingerprint density at radius 1 is 1.30 bits per heavy atom. The van der Waals surface area contributed by atoms with Crippen LogP contribution in [0.25, 0.3) is 0 Å². The molecule has 1 atom stereocenters. The van der Waals surface area contributed by atoms with Gasteiger partial charge in [0.25, 0.3) is 0 Å². The molecule has 1 saturated heterocycles. The molecule has 0 amide bonds. The Labute approximate surface area is 124 Å². The van der Waals surface area contributed by atoms with Crippen LogP contribution in [0.15, 0.2) is 18.2 Å². The van der Waals surface area contributed by atoms with Gasteiger partial charge in [-0.05, 0) is 45.5 Å². The van der Waals surface area contributed by atoms with Gasteiger partial charge in [-0.15, -0.1) is 0 Å². The predicted molar refractivity (Wildman–Crippen MR) is 87.5 cm³/mol. The Hall–Kier alpha value is -1.06. The van der Waals surface area contributed by atoms with Crippen molar-refractivity contribution in [1.29, 1.82) is 0 Å². The fraction of sp³-hybridized carbons (Fsp3) is 0.647.